The minimum Gasteiger partial charge on any atom is -0.493 e. The van der Waals surface area contributed by atoms with E-state index >= 15 is 0 Å². The van der Waals surface area contributed by atoms with Gasteiger partial charge in [-0.3, -0.25) is 9.59 Å². The van der Waals surface area contributed by atoms with Gasteiger partial charge in [-0.2, -0.15) is 0 Å². The third-order valence-corrected chi connectivity index (χ3v) is 4.59. The number of nitrogens with two attached hydrogens (primary N) is 1. The Kier molecular flexibility index (Phi) is 6.84. The van der Waals surface area contributed by atoms with Gasteiger partial charge < -0.3 is 25.8 Å². The lowest BCUT2D eigenvalue weighted by atomic mass is 10.1. The Morgan fingerprint density at radius 2 is 1.48 bits per heavy atom. The fourth-order valence-corrected chi connectivity index (χ4v) is 2.93. The number of halogens is 1. The van der Waals surface area contributed by atoms with Crippen molar-refractivity contribution in [1.82, 2.24) is 0 Å². The van der Waals surface area contributed by atoms with Crippen molar-refractivity contribution in [2.45, 2.75) is 6.54 Å². The number of amides is 2. The fraction of sp³-hybridized carbons (Fsp3) is 0.130. The number of methoxy groups -OCH3 is 2. The summed E-state index contributed by atoms with van der Waals surface area (Å²) >= 11 is 0. The molecule has 0 aliphatic carbocycles. The quantitative estimate of drug-likeness (QED) is 0.536. The van der Waals surface area contributed by atoms with Crippen LogP contribution in [0.2, 0.25) is 0 Å². The van der Waals surface area contributed by atoms with Gasteiger partial charge in [-0.05, 0) is 60.2 Å². The van der Waals surface area contributed by atoms with Crippen LogP contribution < -0.4 is 25.8 Å². The third-order valence-electron chi connectivity index (χ3n) is 4.59. The van der Waals surface area contributed by atoms with E-state index in [4.69, 9.17) is 15.2 Å². The Labute approximate surface area is 179 Å². The topological polar surface area (TPSA) is 103 Å². The average molecular weight is 423 g/mol. The summed E-state index contributed by atoms with van der Waals surface area (Å²) in [6, 6.07) is 15.0. The molecule has 0 bridgehead atoms. The second kappa shape index (κ2) is 9.73. The molecule has 0 unspecified atom stereocenters. The summed E-state index contributed by atoms with van der Waals surface area (Å²) in [5.74, 6) is -0.277. The van der Waals surface area contributed by atoms with Gasteiger partial charge in [-0.25, -0.2) is 4.39 Å². The Bertz CT molecular complexity index is 1100. The fourth-order valence-electron chi connectivity index (χ4n) is 2.93. The van der Waals surface area contributed by atoms with Crippen molar-refractivity contribution in [2.24, 2.45) is 5.73 Å². The molecule has 3 aromatic rings. The van der Waals surface area contributed by atoms with E-state index in [1.54, 1.807) is 36.4 Å². The van der Waals surface area contributed by atoms with Crippen LogP contribution in [0.4, 0.5) is 15.8 Å². The van der Waals surface area contributed by atoms with Crippen molar-refractivity contribution in [2.75, 3.05) is 24.9 Å². The van der Waals surface area contributed by atoms with E-state index in [1.165, 1.54) is 38.5 Å². The zero-order valence-corrected chi connectivity index (χ0v) is 17.1. The molecule has 0 saturated heterocycles. The van der Waals surface area contributed by atoms with Crippen LogP contribution in [0.1, 0.15) is 26.3 Å². The van der Waals surface area contributed by atoms with Crippen LogP contribution in [0.15, 0.2) is 60.7 Å². The first kappa shape index (κ1) is 21.8. The number of ether oxygens (including phenoxy) is 2. The van der Waals surface area contributed by atoms with Gasteiger partial charge in [0.2, 0.25) is 0 Å². The summed E-state index contributed by atoms with van der Waals surface area (Å²) < 4.78 is 23.5. The summed E-state index contributed by atoms with van der Waals surface area (Å²) in [5.41, 5.74) is 8.06. The van der Waals surface area contributed by atoms with Crippen molar-refractivity contribution in [3.63, 3.8) is 0 Å². The molecule has 8 heteroatoms. The molecular weight excluding hydrogens is 401 g/mol. The molecule has 4 N–H and O–H groups in total. The van der Waals surface area contributed by atoms with E-state index in [0.29, 0.717) is 39.6 Å². The summed E-state index contributed by atoms with van der Waals surface area (Å²) in [6.07, 6.45) is 0. The highest BCUT2D eigenvalue weighted by atomic mass is 19.1. The van der Waals surface area contributed by atoms with Crippen molar-refractivity contribution >= 4 is 23.2 Å². The van der Waals surface area contributed by atoms with E-state index in [-0.39, 0.29) is 12.5 Å². The van der Waals surface area contributed by atoms with Crippen LogP contribution in [0.3, 0.4) is 0 Å². The minimum absolute atomic E-state index is 0.188. The molecule has 0 aromatic heterocycles. The van der Waals surface area contributed by atoms with Crippen LogP contribution >= 0.6 is 0 Å². The Morgan fingerprint density at radius 3 is 2.13 bits per heavy atom. The van der Waals surface area contributed by atoms with E-state index in [0.717, 1.165) is 0 Å². The number of hydrogen-bond acceptors (Lipinski definition) is 5. The number of hydrogen-bond donors (Lipinski definition) is 3. The lowest BCUT2D eigenvalue weighted by Crippen LogP contribution is -2.16. The lowest BCUT2D eigenvalue weighted by Gasteiger charge is -2.14. The SMILES string of the molecule is COc1ccc(C(=O)Nc2cc(NC(=O)c3ccc(F)cc3)ccc2CN)cc1OC. The van der Waals surface area contributed by atoms with Crippen LogP contribution in [0.25, 0.3) is 0 Å². The van der Waals surface area contributed by atoms with Gasteiger partial charge in [-0.15, -0.1) is 0 Å². The van der Waals surface area contributed by atoms with Gasteiger partial charge in [0, 0.05) is 29.0 Å². The highest BCUT2D eigenvalue weighted by molar-refractivity contribution is 6.07. The molecule has 0 aliphatic rings. The standard InChI is InChI=1S/C23H22FN3O4/c1-30-20-10-6-15(11-21(20)31-2)23(29)27-19-12-18(9-5-16(19)13-25)26-22(28)14-3-7-17(24)8-4-14/h3-12H,13,25H2,1-2H3,(H,26,28)(H,27,29). The molecular formula is C23H22FN3O4. The average Bonchev–Trinajstić information content (AvgIpc) is 2.79. The van der Waals surface area contributed by atoms with Crippen molar-refractivity contribution in [1.29, 1.82) is 0 Å². The van der Waals surface area contributed by atoms with Gasteiger partial charge in [0.1, 0.15) is 5.82 Å². The summed E-state index contributed by atoms with van der Waals surface area (Å²) in [4.78, 5) is 25.2. The van der Waals surface area contributed by atoms with Gasteiger partial charge in [0.15, 0.2) is 11.5 Å². The number of rotatable bonds is 7. The summed E-state index contributed by atoms with van der Waals surface area (Å²) in [5, 5.41) is 5.54. The molecule has 0 heterocycles. The largest absolute Gasteiger partial charge is 0.493 e. The molecule has 2 amide bonds. The normalized spacial score (nSPS) is 10.3. The van der Waals surface area contributed by atoms with Gasteiger partial charge >= 0.3 is 0 Å². The molecule has 0 spiro atoms. The van der Waals surface area contributed by atoms with Crippen LogP contribution in [-0.2, 0) is 6.54 Å². The van der Waals surface area contributed by atoms with Crippen molar-refractivity contribution in [3.8, 4) is 11.5 Å². The second-order valence-electron chi connectivity index (χ2n) is 6.56. The van der Waals surface area contributed by atoms with E-state index in [1.807, 2.05) is 0 Å². The second-order valence-corrected chi connectivity index (χ2v) is 6.56. The van der Waals surface area contributed by atoms with Crippen molar-refractivity contribution in [3.05, 3.63) is 83.2 Å². The smallest absolute Gasteiger partial charge is 0.255 e. The highest BCUT2D eigenvalue weighted by Gasteiger charge is 2.14. The zero-order valence-electron chi connectivity index (χ0n) is 17.1. The minimum atomic E-state index is -0.427. The summed E-state index contributed by atoms with van der Waals surface area (Å²) in [6.45, 7) is 0.188. The molecule has 0 radical (unpaired) electrons. The van der Waals surface area contributed by atoms with E-state index in [2.05, 4.69) is 10.6 Å². The maximum Gasteiger partial charge on any atom is 0.255 e. The van der Waals surface area contributed by atoms with Gasteiger partial charge in [0.05, 0.1) is 14.2 Å². The number of anilines is 2. The van der Waals surface area contributed by atoms with Crippen molar-refractivity contribution < 1.29 is 23.5 Å². The van der Waals surface area contributed by atoms with Crippen LogP contribution in [0, 0.1) is 5.82 Å². The maximum absolute atomic E-state index is 13.1. The van der Waals surface area contributed by atoms with Gasteiger partial charge in [-0.1, -0.05) is 6.07 Å². The van der Waals surface area contributed by atoms with Gasteiger partial charge in [0.25, 0.3) is 11.8 Å². The van der Waals surface area contributed by atoms with Crippen LogP contribution in [-0.4, -0.2) is 26.0 Å². The Hall–Kier alpha value is -3.91. The predicted molar refractivity (Wildman–Crippen MR) is 116 cm³/mol. The molecule has 0 atom stereocenters. The molecule has 0 aliphatic heterocycles. The molecule has 3 aromatic carbocycles. The predicted octanol–water partition coefficient (Wildman–Crippen LogP) is 3.81. The summed E-state index contributed by atoms with van der Waals surface area (Å²) in [7, 11) is 3.00. The third kappa shape index (κ3) is 5.18. The zero-order chi connectivity index (χ0) is 22.4. The number of benzene rings is 3. The first-order valence-electron chi connectivity index (χ1n) is 9.38. The van der Waals surface area contributed by atoms with E-state index in [9.17, 15) is 14.0 Å². The molecule has 0 fully saturated rings. The Balaban J connectivity index is 1.81. The number of nitrogens with one attached hydrogen (secondary N) is 2. The molecule has 3 rings (SSSR count). The molecule has 7 nitrogen and oxygen atoms in total. The Morgan fingerprint density at radius 1 is 0.839 bits per heavy atom. The number of carbonyl (C=O) groups excluding carboxylic acids is 2. The first-order chi connectivity index (χ1) is 14.9. The highest BCUT2D eigenvalue weighted by Crippen LogP contribution is 2.28. The molecule has 160 valence electrons. The number of carbonyl (C=O) groups is 2. The molecule has 0 saturated carbocycles. The monoisotopic (exact) mass is 423 g/mol. The van der Waals surface area contributed by atoms with E-state index < -0.39 is 11.7 Å². The first-order valence-corrected chi connectivity index (χ1v) is 9.38. The maximum atomic E-state index is 13.1. The van der Waals surface area contributed by atoms with Crippen LogP contribution in [0.5, 0.6) is 11.5 Å². The lowest BCUT2D eigenvalue weighted by molar-refractivity contribution is 0.101. The molecule has 31 heavy (non-hydrogen) atoms.